The van der Waals surface area contributed by atoms with Crippen LogP contribution >= 0.6 is 0 Å². The fourth-order valence-electron chi connectivity index (χ4n) is 2.64. The molecule has 0 unspecified atom stereocenters. The Kier molecular flexibility index (Phi) is 3.45. The van der Waals surface area contributed by atoms with Crippen molar-refractivity contribution in [1.82, 2.24) is 24.7 Å². The SMILES string of the molecule is CN(Cc1ccoc1)c1nc(-c2ccccn2)nc2c1cnn2C. The fraction of sp³-hybridized carbons (Fsp3) is 0.176. The number of hydrogen-bond donors (Lipinski definition) is 0. The van der Waals surface area contributed by atoms with Gasteiger partial charge in [0.1, 0.15) is 11.5 Å². The van der Waals surface area contributed by atoms with E-state index >= 15 is 0 Å². The summed E-state index contributed by atoms with van der Waals surface area (Å²) in [6, 6.07) is 7.64. The normalized spacial score (nSPS) is 11.1. The van der Waals surface area contributed by atoms with Gasteiger partial charge in [0.2, 0.25) is 0 Å². The maximum atomic E-state index is 5.15. The second-order valence-corrected chi connectivity index (χ2v) is 5.58. The van der Waals surface area contributed by atoms with Crippen LogP contribution in [0.1, 0.15) is 5.56 Å². The van der Waals surface area contributed by atoms with Crippen molar-refractivity contribution in [3.63, 3.8) is 0 Å². The molecule has 4 rings (SSSR count). The van der Waals surface area contributed by atoms with Gasteiger partial charge in [0.05, 0.1) is 24.1 Å². The molecule has 24 heavy (non-hydrogen) atoms. The third-order valence-electron chi connectivity index (χ3n) is 3.83. The Morgan fingerprint density at radius 1 is 1.21 bits per heavy atom. The molecule has 0 fully saturated rings. The van der Waals surface area contributed by atoms with Crippen LogP contribution in [0.25, 0.3) is 22.6 Å². The number of aromatic nitrogens is 5. The molecule has 0 saturated carbocycles. The summed E-state index contributed by atoms with van der Waals surface area (Å²) < 4.78 is 6.90. The quantitative estimate of drug-likeness (QED) is 0.575. The van der Waals surface area contributed by atoms with Crippen molar-refractivity contribution in [3.05, 3.63) is 54.7 Å². The van der Waals surface area contributed by atoms with Crippen molar-refractivity contribution in [2.24, 2.45) is 7.05 Å². The Morgan fingerprint density at radius 3 is 2.88 bits per heavy atom. The van der Waals surface area contributed by atoms with Gasteiger partial charge in [-0.15, -0.1) is 0 Å². The maximum absolute atomic E-state index is 5.15. The molecule has 4 heterocycles. The first-order valence-electron chi connectivity index (χ1n) is 7.56. The molecule has 0 aromatic carbocycles. The summed E-state index contributed by atoms with van der Waals surface area (Å²) in [5.74, 6) is 1.40. The first-order valence-corrected chi connectivity index (χ1v) is 7.56. The van der Waals surface area contributed by atoms with E-state index in [0.717, 1.165) is 28.1 Å². The molecule has 0 N–H and O–H groups in total. The summed E-state index contributed by atoms with van der Waals surface area (Å²) in [5, 5.41) is 5.22. The average molecular weight is 320 g/mol. The molecule has 0 bridgehead atoms. The van der Waals surface area contributed by atoms with Crippen LogP contribution in [0.3, 0.4) is 0 Å². The highest BCUT2D eigenvalue weighted by atomic mass is 16.3. The molecule has 120 valence electrons. The van der Waals surface area contributed by atoms with Crippen LogP contribution < -0.4 is 4.90 Å². The number of anilines is 1. The van der Waals surface area contributed by atoms with E-state index in [1.807, 2.05) is 38.4 Å². The molecule has 0 radical (unpaired) electrons. The van der Waals surface area contributed by atoms with Crippen molar-refractivity contribution < 1.29 is 4.42 Å². The molecule has 0 spiro atoms. The second kappa shape index (κ2) is 5.77. The molecule has 0 atom stereocenters. The van der Waals surface area contributed by atoms with Gasteiger partial charge in [0.25, 0.3) is 0 Å². The van der Waals surface area contributed by atoms with E-state index in [2.05, 4.69) is 20.0 Å². The van der Waals surface area contributed by atoms with Crippen LogP contribution in [0.4, 0.5) is 5.82 Å². The predicted molar refractivity (Wildman–Crippen MR) is 90.4 cm³/mol. The monoisotopic (exact) mass is 320 g/mol. The summed E-state index contributed by atoms with van der Waals surface area (Å²) in [4.78, 5) is 15.8. The zero-order valence-electron chi connectivity index (χ0n) is 13.4. The van der Waals surface area contributed by atoms with Crippen LogP contribution in [0.15, 0.2) is 53.6 Å². The molecule has 4 aromatic rings. The lowest BCUT2D eigenvalue weighted by molar-refractivity contribution is 0.563. The minimum Gasteiger partial charge on any atom is -0.472 e. The molecular formula is C17H16N6O. The fourth-order valence-corrected chi connectivity index (χ4v) is 2.64. The molecule has 4 aromatic heterocycles. The standard InChI is InChI=1S/C17H16N6O/c1-22(10-12-6-8-24-11-12)16-13-9-19-23(2)17(13)21-15(20-16)14-5-3-4-7-18-14/h3-9,11H,10H2,1-2H3. The first-order chi connectivity index (χ1) is 11.7. The predicted octanol–water partition coefficient (Wildman–Crippen LogP) is 2.65. The molecule has 0 aliphatic heterocycles. The van der Waals surface area contributed by atoms with Crippen molar-refractivity contribution in [2.45, 2.75) is 6.54 Å². The van der Waals surface area contributed by atoms with Gasteiger partial charge in [0, 0.05) is 32.4 Å². The van der Waals surface area contributed by atoms with Gasteiger partial charge in [-0.1, -0.05) is 6.07 Å². The zero-order valence-corrected chi connectivity index (χ0v) is 13.4. The van der Waals surface area contributed by atoms with Crippen molar-refractivity contribution in [2.75, 3.05) is 11.9 Å². The van der Waals surface area contributed by atoms with Crippen LogP contribution in [0.2, 0.25) is 0 Å². The summed E-state index contributed by atoms with van der Waals surface area (Å²) in [7, 11) is 3.86. The van der Waals surface area contributed by atoms with E-state index in [1.165, 1.54) is 0 Å². The maximum Gasteiger partial charge on any atom is 0.182 e. The molecule has 0 amide bonds. The van der Waals surface area contributed by atoms with E-state index in [4.69, 9.17) is 9.40 Å². The Balaban J connectivity index is 1.84. The molecule has 0 saturated heterocycles. The Labute approximate surface area is 138 Å². The van der Waals surface area contributed by atoms with Crippen molar-refractivity contribution in [1.29, 1.82) is 0 Å². The Bertz CT molecular complexity index is 962. The summed E-state index contributed by atoms with van der Waals surface area (Å²) in [5.41, 5.74) is 2.59. The van der Waals surface area contributed by atoms with Gasteiger partial charge in [0.15, 0.2) is 11.5 Å². The number of furan rings is 1. The first kappa shape index (κ1) is 14.4. The van der Waals surface area contributed by atoms with E-state index in [9.17, 15) is 0 Å². The van der Waals surface area contributed by atoms with Crippen molar-refractivity contribution >= 4 is 16.9 Å². The molecule has 7 heteroatoms. The van der Waals surface area contributed by atoms with Gasteiger partial charge >= 0.3 is 0 Å². The van der Waals surface area contributed by atoms with Crippen LogP contribution in [0.5, 0.6) is 0 Å². The highest BCUT2D eigenvalue weighted by Crippen LogP contribution is 2.26. The minimum atomic E-state index is 0.584. The highest BCUT2D eigenvalue weighted by Gasteiger charge is 2.16. The molecule has 7 nitrogen and oxygen atoms in total. The third kappa shape index (κ3) is 2.50. The van der Waals surface area contributed by atoms with Gasteiger partial charge in [-0.3, -0.25) is 9.67 Å². The topological polar surface area (TPSA) is 72.9 Å². The summed E-state index contributed by atoms with van der Waals surface area (Å²) >= 11 is 0. The summed E-state index contributed by atoms with van der Waals surface area (Å²) in [6.45, 7) is 0.680. The third-order valence-corrected chi connectivity index (χ3v) is 3.83. The number of fused-ring (bicyclic) bond motifs is 1. The number of hydrogen-bond acceptors (Lipinski definition) is 6. The van der Waals surface area contributed by atoms with E-state index in [-0.39, 0.29) is 0 Å². The minimum absolute atomic E-state index is 0.584. The lowest BCUT2D eigenvalue weighted by Gasteiger charge is -2.18. The van der Waals surface area contributed by atoms with Gasteiger partial charge in [-0.05, 0) is 18.2 Å². The Morgan fingerprint density at radius 2 is 2.12 bits per heavy atom. The molecule has 0 aliphatic rings. The van der Waals surface area contributed by atoms with Crippen LogP contribution in [-0.4, -0.2) is 31.8 Å². The van der Waals surface area contributed by atoms with Crippen LogP contribution in [-0.2, 0) is 13.6 Å². The smallest absolute Gasteiger partial charge is 0.182 e. The average Bonchev–Trinajstić information content (AvgIpc) is 3.25. The largest absolute Gasteiger partial charge is 0.472 e. The van der Waals surface area contributed by atoms with E-state index < -0.39 is 0 Å². The number of aryl methyl sites for hydroxylation is 1. The Hall–Kier alpha value is -3.22. The lowest BCUT2D eigenvalue weighted by Crippen LogP contribution is -2.18. The number of nitrogens with zero attached hydrogens (tertiary/aromatic N) is 6. The van der Waals surface area contributed by atoms with E-state index in [0.29, 0.717) is 12.4 Å². The number of pyridine rings is 1. The highest BCUT2D eigenvalue weighted by molar-refractivity contribution is 5.88. The van der Waals surface area contributed by atoms with Crippen molar-refractivity contribution in [3.8, 4) is 11.5 Å². The number of rotatable bonds is 4. The summed E-state index contributed by atoms with van der Waals surface area (Å²) in [6.07, 6.45) is 6.93. The van der Waals surface area contributed by atoms with Gasteiger partial charge in [-0.2, -0.15) is 5.10 Å². The van der Waals surface area contributed by atoms with E-state index in [1.54, 1.807) is 29.6 Å². The van der Waals surface area contributed by atoms with Gasteiger partial charge in [-0.25, -0.2) is 9.97 Å². The second-order valence-electron chi connectivity index (χ2n) is 5.58. The lowest BCUT2D eigenvalue weighted by atomic mass is 10.3. The zero-order chi connectivity index (χ0) is 16.5. The van der Waals surface area contributed by atoms with Crippen LogP contribution in [0, 0.1) is 0 Å². The molecular weight excluding hydrogens is 304 g/mol. The molecule has 0 aliphatic carbocycles. The van der Waals surface area contributed by atoms with Gasteiger partial charge < -0.3 is 9.32 Å².